The van der Waals surface area contributed by atoms with Gasteiger partial charge in [-0.25, -0.2) is 9.18 Å². The number of benzene rings is 2. The third-order valence-electron chi connectivity index (χ3n) is 4.92. The predicted octanol–water partition coefficient (Wildman–Crippen LogP) is 4.06. The highest BCUT2D eigenvalue weighted by Gasteiger charge is 2.22. The minimum atomic E-state index is -0.321. The van der Waals surface area contributed by atoms with Crippen molar-refractivity contribution in [3.63, 3.8) is 0 Å². The summed E-state index contributed by atoms with van der Waals surface area (Å²) < 4.78 is 13.3. The molecule has 0 bridgehead atoms. The van der Waals surface area contributed by atoms with Crippen molar-refractivity contribution < 1.29 is 14.0 Å². The van der Waals surface area contributed by atoms with Gasteiger partial charge in [-0.15, -0.1) is 0 Å². The molecule has 160 valence electrons. The number of piperazine rings is 1. The highest BCUT2D eigenvalue weighted by atomic mass is 19.1. The molecule has 1 aliphatic heterocycles. The number of anilines is 2. The van der Waals surface area contributed by atoms with Crippen LogP contribution in [0, 0.1) is 11.2 Å². The van der Waals surface area contributed by atoms with Crippen LogP contribution in [0.1, 0.15) is 38.8 Å². The average molecular weight is 413 g/mol. The first-order valence-electron chi connectivity index (χ1n) is 10.1. The topological polar surface area (TPSA) is 73.5 Å². The predicted molar refractivity (Wildman–Crippen MR) is 117 cm³/mol. The van der Waals surface area contributed by atoms with E-state index in [0.29, 0.717) is 25.2 Å². The van der Waals surface area contributed by atoms with Crippen LogP contribution in [0.25, 0.3) is 0 Å². The molecular formula is C23H29FN4O2. The third kappa shape index (κ3) is 6.20. The van der Waals surface area contributed by atoms with Crippen LogP contribution in [-0.4, -0.2) is 31.6 Å². The molecule has 0 saturated carbocycles. The normalized spacial score (nSPS) is 15.3. The van der Waals surface area contributed by atoms with Gasteiger partial charge in [-0.1, -0.05) is 32.9 Å². The molecule has 0 radical (unpaired) electrons. The molecule has 0 spiro atoms. The highest BCUT2D eigenvalue weighted by molar-refractivity contribution is 5.90. The van der Waals surface area contributed by atoms with Crippen LogP contribution in [0.5, 0.6) is 0 Å². The van der Waals surface area contributed by atoms with Gasteiger partial charge in [0.15, 0.2) is 0 Å². The van der Waals surface area contributed by atoms with Crippen LogP contribution >= 0.6 is 0 Å². The molecule has 0 aromatic heterocycles. The standard InChI is InChI=1S/C23H29FN4O2/c1-23(2,3)14-20(16-4-6-17(24)7-5-16)27-22(30)26-18-8-10-19(11-9-18)28-13-12-25-21(29)15-28/h4-11,20H,12-15H2,1-3H3,(H,25,29)(H2,26,27,30)/t20-/m0/s1. The smallest absolute Gasteiger partial charge is 0.319 e. The fourth-order valence-electron chi connectivity index (χ4n) is 3.50. The molecule has 7 heteroatoms. The molecule has 1 aliphatic rings. The Labute approximate surface area is 176 Å². The molecule has 6 nitrogen and oxygen atoms in total. The molecular weight excluding hydrogens is 383 g/mol. The molecule has 1 atom stereocenters. The summed E-state index contributed by atoms with van der Waals surface area (Å²) in [7, 11) is 0. The quantitative estimate of drug-likeness (QED) is 0.693. The fraction of sp³-hybridized carbons (Fsp3) is 0.391. The van der Waals surface area contributed by atoms with Gasteiger partial charge in [0.2, 0.25) is 5.91 Å². The van der Waals surface area contributed by atoms with Gasteiger partial charge in [-0.05, 0) is 53.8 Å². The van der Waals surface area contributed by atoms with Crippen molar-refractivity contribution in [1.29, 1.82) is 0 Å². The van der Waals surface area contributed by atoms with Crippen molar-refractivity contribution in [2.45, 2.75) is 33.2 Å². The van der Waals surface area contributed by atoms with E-state index >= 15 is 0 Å². The second-order valence-corrected chi connectivity index (χ2v) is 8.79. The van der Waals surface area contributed by atoms with E-state index in [4.69, 9.17) is 0 Å². The number of carbonyl (C=O) groups excluding carboxylic acids is 2. The molecule has 3 N–H and O–H groups in total. The Balaban J connectivity index is 1.64. The largest absolute Gasteiger partial charge is 0.360 e. The van der Waals surface area contributed by atoms with E-state index in [0.717, 1.165) is 17.8 Å². The highest BCUT2D eigenvalue weighted by Crippen LogP contribution is 2.29. The summed E-state index contributed by atoms with van der Waals surface area (Å²) in [5, 5.41) is 8.67. The summed E-state index contributed by atoms with van der Waals surface area (Å²) in [6, 6.07) is 13.1. The van der Waals surface area contributed by atoms with Crippen molar-refractivity contribution >= 4 is 23.3 Å². The number of carbonyl (C=O) groups is 2. The lowest BCUT2D eigenvalue weighted by atomic mass is 9.85. The minimum Gasteiger partial charge on any atom is -0.360 e. The molecule has 1 heterocycles. The molecule has 0 aliphatic carbocycles. The SMILES string of the molecule is CC(C)(C)C[C@H](NC(=O)Nc1ccc(N2CCNC(=O)C2)cc1)c1ccc(F)cc1. The number of hydrogen-bond donors (Lipinski definition) is 3. The Morgan fingerprint density at radius 1 is 1.13 bits per heavy atom. The maximum absolute atomic E-state index is 13.3. The van der Waals surface area contributed by atoms with Crippen LogP contribution in [-0.2, 0) is 4.79 Å². The zero-order valence-electron chi connectivity index (χ0n) is 17.7. The fourth-order valence-corrected chi connectivity index (χ4v) is 3.50. The minimum absolute atomic E-state index is 0.00788. The van der Waals surface area contributed by atoms with Crippen molar-refractivity contribution in [2.75, 3.05) is 29.9 Å². The molecule has 2 aromatic rings. The van der Waals surface area contributed by atoms with Crippen molar-refractivity contribution in [1.82, 2.24) is 10.6 Å². The maximum atomic E-state index is 13.3. The van der Waals surface area contributed by atoms with E-state index < -0.39 is 0 Å². The first-order valence-corrected chi connectivity index (χ1v) is 10.1. The summed E-state index contributed by atoms with van der Waals surface area (Å²) in [6.07, 6.45) is 0.710. The summed E-state index contributed by atoms with van der Waals surface area (Å²) in [5.41, 5.74) is 2.44. The Bertz CT molecular complexity index is 876. The lowest BCUT2D eigenvalue weighted by Crippen LogP contribution is -2.47. The van der Waals surface area contributed by atoms with Gasteiger partial charge in [0.1, 0.15) is 5.82 Å². The number of amides is 3. The molecule has 30 heavy (non-hydrogen) atoms. The lowest BCUT2D eigenvalue weighted by Gasteiger charge is -2.29. The Morgan fingerprint density at radius 3 is 2.40 bits per heavy atom. The second kappa shape index (κ2) is 9.15. The van der Waals surface area contributed by atoms with Crippen LogP contribution in [0.4, 0.5) is 20.6 Å². The zero-order valence-corrected chi connectivity index (χ0v) is 17.7. The van der Waals surface area contributed by atoms with Gasteiger partial charge in [0, 0.05) is 24.5 Å². The number of hydrogen-bond acceptors (Lipinski definition) is 3. The Kier molecular flexibility index (Phi) is 6.59. The average Bonchev–Trinajstić information content (AvgIpc) is 2.67. The lowest BCUT2D eigenvalue weighted by molar-refractivity contribution is -0.120. The van der Waals surface area contributed by atoms with Gasteiger partial charge < -0.3 is 20.9 Å². The van der Waals surface area contributed by atoms with E-state index in [1.54, 1.807) is 12.1 Å². The van der Waals surface area contributed by atoms with Gasteiger partial charge >= 0.3 is 6.03 Å². The second-order valence-electron chi connectivity index (χ2n) is 8.79. The number of rotatable bonds is 5. The van der Waals surface area contributed by atoms with Gasteiger partial charge in [-0.3, -0.25) is 4.79 Å². The van der Waals surface area contributed by atoms with Crippen LogP contribution in [0.2, 0.25) is 0 Å². The van der Waals surface area contributed by atoms with Crippen molar-refractivity contribution in [3.8, 4) is 0 Å². The summed E-state index contributed by atoms with van der Waals surface area (Å²) in [5.74, 6) is -0.294. The van der Waals surface area contributed by atoms with Crippen LogP contribution in [0.15, 0.2) is 48.5 Å². The summed E-state index contributed by atoms with van der Waals surface area (Å²) in [6.45, 7) is 8.01. The third-order valence-corrected chi connectivity index (χ3v) is 4.92. The molecule has 3 amide bonds. The monoisotopic (exact) mass is 412 g/mol. The Morgan fingerprint density at radius 2 is 1.80 bits per heavy atom. The Hall–Kier alpha value is -3.09. The van der Waals surface area contributed by atoms with E-state index in [2.05, 4.69) is 36.7 Å². The van der Waals surface area contributed by atoms with Gasteiger partial charge in [0.05, 0.1) is 12.6 Å². The van der Waals surface area contributed by atoms with E-state index in [1.807, 2.05) is 29.2 Å². The van der Waals surface area contributed by atoms with E-state index in [1.165, 1.54) is 12.1 Å². The van der Waals surface area contributed by atoms with Gasteiger partial charge in [-0.2, -0.15) is 0 Å². The van der Waals surface area contributed by atoms with E-state index in [9.17, 15) is 14.0 Å². The summed E-state index contributed by atoms with van der Waals surface area (Å²) in [4.78, 5) is 26.2. The molecule has 2 aromatic carbocycles. The van der Waals surface area contributed by atoms with Gasteiger partial charge in [0.25, 0.3) is 0 Å². The number of halogens is 1. The molecule has 0 unspecified atom stereocenters. The number of nitrogens with zero attached hydrogens (tertiary/aromatic N) is 1. The number of urea groups is 1. The molecule has 1 fully saturated rings. The van der Waals surface area contributed by atoms with Crippen molar-refractivity contribution in [2.24, 2.45) is 5.41 Å². The number of nitrogens with one attached hydrogen (secondary N) is 3. The molecule has 1 saturated heterocycles. The van der Waals surface area contributed by atoms with Crippen molar-refractivity contribution in [3.05, 3.63) is 59.9 Å². The first kappa shape index (κ1) is 21.6. The van der Waals surface area contributed by atoms with Crippen LogP contribution < -0.4 is 20.9 Å². The summed E-state index contributed by atoms with van der Waals surface area (Å²) >= 11 is 0. The van der Waals surface area contributed by atoms with Crippen LogP contribution in [0.3, 0.4) is 0 Å². The first-order chi connectivity index (χ1) is 14.2. The molecule has 3 rings (SSSR count). The maximum Gasteiger partial charge on any atom is 0.319 e. The zero-order chi connectivity index (χ0) is 21.7. The van der Waals surface area contributed by atoms with E-state index in [-0.39, 0.29) is 29.2 Å².